The van der Waals surface area contributed by atoms with E-state index in [0.717, 1.165) is 27.4 Å². The maximum absolute atomic E-state index is 12.1. The molecule has 0 aromatic heterocycles. The highest BCUT2D eigenvalue weighted by Gasteiger charge is 2.23. The van der Waals surface area contributed by atoms with Gasteiger partial charge in [0.05, 0.1) is 4.91 Å². The van der Waals surface area contributed by atoms with Crippen molar-refractivity contribution in [1.82, 2.24) is 5.32 Å². The van der Waals surface area contributed by atoms with Gasteiger partial charge in [0.2, 0.25) is 5.91 Å². The first-order valence-corrected chi connectivity index (χ1v) is 9.86. The lowest BCUT2D eigenvalue weighted by molar-refractivity contribution is -0.117. The Morgan fingerprint density at radius 2 is 2.04 bits per heavy atom. The molecule has 2 amide bonds. The van der Waals surface area contributed by atoms with Crippen LogP contribution in [0.2, 0.25) is 5.02 Å². The van der Waals surface area contributed by atoms with Crippen molar-refractivity contribution in [2.75, 3.05) is 0 Å². The topological polar surface area (TPSA) is 67.8 Å². The van der Waals surface area contributed by atoms with Crippen molar-refractivity contribution in [3.8, 4) is 5.75 Å². The molecule has 0 aliphatic carbocycles. The van der Waals surface area contributed by atoms with Crippen LogP contribution in [0.4, 0.5) is 0 Å². The van der Waals surface area contributed by atoms with E-state index in [1.54, 1.807) is 18.2 Å². The van der Waals surface area contributed by atoms with E-state index in [-0.39, 0.29) is 11.1 Å². The molecule has 2 aromatic rings. The number of amides is 2. The fourth-order valence-electron chi connectivity index (χ4n) is 2.26. The van der Waals surface area contributed by atoms with Gasteiger partial charge in [-0.3, -0.25) is 9.59 Å². The first-order chi connectivity index (χ1) is 12.9. The van der Waals surface area contributed by atoms with Crippen LogP contribution in [0.25, 0.3) is 6.08 Å². The average Bonchev–Trinajstić information content (AvgIpc) is 2.94. The molecule has 0 unspecified atom stereocenters. The van der Waals surface area contributed by atoms with Crippen LogP contribution in [-0.2, 0) is 16.2 Å². The molecule has 5 nitrogen and oxygen atoms in total. The molecule has 27 heavy (non-hydrogen) atoms. The number of rotatable bonds is 4. The Balaban J connectivity index is 1.79. The van der Waals surface area contributed by atoms with E-state index < -0.39 is 5.91 Å². The number of aliphatic imine (C=N–C) groups is 1. The fraction of sp³-hybridized carbons (Fsp3) is 0.105. The van der Waals surface area contributed by atoms with Gasteiger partial charge in [-0.2, -0.15) is 4.99 Å². The Morgan fingerprint density at radius 1 is 1.30 bits per heavy atom. The van der Waals surface area contributed by atoms with Crippen LogP contribution in [0.15, 0.2) is 56.8 Å². The Labute approximate surface area is 174 Å². The summed E-state index contributed by atoms with van der Waals surface area (Å²) < 4.78 is 6.77. The number of benzene rings is 2. The summed E-state index contributed by atoms with van der Waals surface area (Å²) in [6.07, 6.45) is 1.70. The summed E-state index contributed by atoms with van der Waals surface area (Å²) in [7, 11) is 0. The Hall–Kier alpha value is -2.09. The van der Waals surface area contributed by atoms with Crippen LogP contribution in [-0.4, -0.2) is 17.0 Å². The number of thioether (sulfide) groups is 1. The minimum absolute atomic E-state index is 0.273. The number of carbonyl (C=O) groups is 2. The van der Waals surface area contributed by atoms with Gasteiger partial charge in [-0.25, -0.2) is 0 Å². The number of nitrogens with one attached hydrogen (secondary N) is 1. The van der Waals surface area contributed by atoms with E-state index in [2.05, 4.69) is 26.2 Å². The molecule has 2 aromatic carbocycles. The van der Waals surface area contributed by atoms with Crippen molar-refractivity contribution in [1.29, 1.82) is 0 Å². The fourth-order valence-corrected chi connectivity index (χ4v) is 3.61. The molecular weight excluding hydrogens is 452 g/mol. The first-order valence-electron chi connectivity index (χ1n) is 7.87. The Kier molecular flexibility index (Phi) is 6.36. The summed E-state index contributed by atoms with van der Waals surface area (Å²) >= 11 is 10.4. The molecule has 0 saturated heterocycles. The average molecular weight is 466 g/mol. The van der Waals surface area contributed by atoms with E-state index in [1.165, 1.54) is 6.92 Å². The highest BCUT2D eigenvalue weighted by Crippen LogP contribution is 2.32. The second-order valence-corrected chi connectivity index (χ2v) is 7.99. The maximum atomic E-state index is 12.1. The van der Waals surface area contributed by atoms with Crippen LogP contribution >= 0.6 is 39.3 Å². The van der Waals surface area contributed by atoms with Crippen LogP contribution in [0.5, 0.6) is 5.75 Å². The van der Waals surface area contributed by atoms with Crippen molar-refractivity contribution < 1.29 is 14.3 Å². The largest absolute Gasteiger partial charge is 0.488 e. The minimum atomic E-state index is -0.396. The van der Waals surface area contributed by atoms with E-state index in [0.29, 0.717) is 22.3 Å². The molecule has 1 aliphatic heterocycles. The normalized spacial score (nSPS) is 15.0. The molecule has 8 heteroatoms. The molecule has 3 rings (SSSR count). The highest BCUT2D eigenvalue weighted by atomic mass is 79.9. The predicted molar refractivity (Wildman–Crippen MR) is 112 cm³/mol. The minimum Gasteiger partial charge on any atom is -0.488 e. The number of nitrogens with zero attached hydrogens (tertiary/aromatic N) is 1. The molecule has 1 N–H and O–H groups in total. The number of carbonyl (C=O) groups excluding carboxylic acids is 2. The predicted octanol–water partition coefficient (Wildman–Crippen LogP) is 4.79. The van der Waals surface area contributed by atoms with Gasteiger partial charge in [0.15, 0.2) is 5.17 Å². The van der Waals surface area contributed by atoms with Crippen molar-refractivity contribution in [3.63, 3.8) is 0 Å². The Bertz CT molecular complexity index is 958. The quantitative estimate of drug-likeness (QED) is 0.659. The summed E-state index contributed by atoms with van der Waals surface area (Å²) in [6, 6.07) is 12.9. The van der Waals surface area contributed by atoms with Gasteiger partial charge < -0.3 is 10.1 Å². The van der Waals surface area contributed by atoms with Gasteiger partial charge in [-0.05, 0) is 53.7 Å². The molecule has 0 radical (unpaired) electrons. The number of hydrogen-bond donors (Lipinski definition) is 1. The van der Waals surface area contributed by atoms with Crippen molar-refractivity contribution in [2.45, 2.75) is 13.5 Å². The molecule has 0 atom stereocenters. The zero-order valence-electron chi connectivity index (χ0n) is 14.2. The van der Waals surface area contributed by atoms with E-state index >= 15 is 0 Å². The van der Waals surface area contributed by atoms with Gasteiger partial charge in [-0.15, -0.1) is 0 Å². The molecule has 0 spiro atoms. The highest BCUT2D eigenvalue weighted by molar-refractivity contribution is 9.10. The second kappa shape index (κ2) is 8.73. The molecular formula is C19H14BrClN2O3S. The third-order valence-corrected chi connectivity index (χ3v) is 5.11. The van der Waals surface area contributed by atoms with E-state index in [9.17, 15) is 9.59 Å². The van der Waals surface area contributed by atoms with Crippen molar-refractivity contribution in [2.24, 2.45) is 4.99 Å². The van der Waals surface area contributed by atoms with Crippen molar-refractivity contribution >= 4 is 62.4 Å². The monoisotopic (exact) mass is 464 g/mol. The maximum Gasteiger partial charge on any atom is 0.286 e. The summed E-state index contributed by atoms with van der Waals surface area (Å²) in [5, 5.41) is 3.47. The van der Waals surface area contributed by atoms with Gasteiger partial charge in [0, 0.05) is 22.0 Å². The Morgan fingerprint density at radius 3 is 2.74 bits per heavy atom. The SMILES string of the molecule is CC(=O)NC1=NC(=O)C(=Cc2cc(Br)ccc2OCc2ccc(Cl)cc2)S1. The number of ether oxygens (including phenoxy) is 1. The number of halogens is 2. The third kappa shape index (κ3) is 5.45. The molecule has 1 heterocycles. The lowest BCUT2D eigenvalue weighted by Gasteiger charge is -2.10. The molecule has 0 fully saturated rings. The summed E-state index contributed by atoms with van der Waals surface area (Å²) in [5.74, 6) is -0.0425. The molecule has 1 aliphatic rings. The van der Waals surface area contributed by atoms with E-state index in [4.69, 9.17) is 16.3 Å². The van der Waals surface area contributed by atoms with Gasteiger partial charge in [0.25, 0.3) is 5.91 Å². The lowest BCUT2D eigenvalue weighted by atomic mass is 10.2. The van der Waals surface area contributed by atoms with Crippen LogP contribution in [0.3, 0.4) is 0 Å². The summed E-state index contributed by atoms with van der Waals surface area (Å²) in [5.41, 5.74) is 1.71. The smallest absolute Gasteiger partial charge is 0.286 e. The van der Waals surface area contributed by atoms with Gasteiger partial charge in [0.1, 0.15) is 12.4 Å². The van der Waals surface area contributed by atoms with Gasteiger partial charge in [-0.1, -0.05) is 39.7 Å². The zero-order valence-corrected chi connectivity index (χ0v) is 17.3. The number of hydrogen-bond acceptors (Lipinski definition) is 4. The third-order valence-electron chi connectivity index (χ3n) is 3.47. The standard InChI is InChI=1S/C19H14BrClN2O3S/c1-11(24)22-19-23-18(25)17(27-19)9-13-8-14(20)4-7-16(13)26-10-12-2-5-15(21)6-3-12/h2-9H,10H2,1H3,(H,22,23,24,25). The zero-order chi connectivity index (χ0) is 19.4. The van der Waals surface area contributed by atoms with Gasteiger partial charge >= 0.3 is 0 Å². The van der Waals surface area contributed by atoms with Crippen molar-refractivity contribution in [3.05, 3.63) is 68.0 Å². The van der Waals surface area contributed by atoms with Crippen LogP contribution in [0.1, 0.15) is 18.1 Å². The second-order valence-electron chi connectivity index (χ2n) is 5.61. The summed E-state index contributed by atoms with van der Waals surface area (Å²) in [4.78, 5) is 27.5. The summed E-state index contributed by atoms with van der Waals surface area (Å²) in [6.45, 7) is 1.73. The molecule has 0 bridgehead atoms. The van der Waals surface area contributed by atoms with E-state index in [1.807, 2.05) is 30.3 Å². The van der Waals surface area contributed by atoms with Crippen LogP contribution in [0, 0.1) is 0 Å². The molecule has 138 valence electrons. The number of amidine groups is 1. The molecule has 0 saturated carbocycles. The first kappa shape index (κ1) is 19.7. The lowest BCUT2D eigenvalue weighted by Crippen LogP contribution is -2.23. The van der Waals surface area contributed by atoms with Crippen LogP contribution < -0.4 is 10.1 Å².